The number of aromatic nitrogens is 2. The van der Waals surface area contributed by atoms with E-state index in [1.54, 1.807) is 23.6 Å². The Kier molecular flexibility index (Phi) is 3.45. The average Bonchev–Trinajstić information content (AvgIpc) is 2.92. The van der Waals surface area contributed by atoms with Crippen LogP contribution in [-0.4, -0.2) is 53.2 Å². The van der Waals surface area contributed by atoms with Crippen LogP contribution in [0.4, 0.5) is 10.9 Å². The van der Waals surface area contributed by atoms with Gasteiger partial charge >= 0.3 is 0 Å². The monoisotopic (exact) mass is 291 g/mol. The number of hydrogen-bond acceptors (Lipinski definition) is 7. The number of likely N-dealkylation sites (N-methyl/N-ethyl adjacent to an activating group) is 1. The van der Waals surface area contributed by atoms with E-state index < -0.39 is 0 Å². The summed E-state index contributed by atoms with van der Waals surface area (Å²) in [5.41, 5.74) is 6.36. The van der Waals surface area contributed by atoms with E-state index in [4.69, 9.17) is 5.73 Å². The van der Waals surface area contributed by atoms with Crippen molar-refractivity contribution in [1.82, 2.24) is 14.9 Å². The molecule has 1 aliphatic rings. The number of aromatic hydroxyl groups is 1. The fraction of sp³-hybridized carbons (Fsp3) is 0.385. The van der Waals surface area contributed by atoms with E-state index in [0.717, 1.165) is 41.8 Å². The second-order valence-electron chi connectivity index (χ2n) is 4.93. The first kappa shape index (κ1) is 13.1. The van der Waals surface area contributed by atoms with Crippen LogP contribution in [0.25, 0.3) is 10.4 Å². The summed E-state index contributed by atoms with van der Waals surface area (Å²) in [4.78, 5) is 14.0. The van der Waals surface area contributed by atoms with Gasteiger partial charge in [0.05, 0.1) is 4.88 Å². The van der Waals surface area contributed by atoms with Crippen molar-refractivity contribution in [2.45, 2.75) is 0 Å². The van der Waals surface area contributed by atoms with Crippen LogP contribution in [0.2, 0.25) is 0 Å². The van der Waals surface area contributed by atoms with Gasteiger partial charge in [0.15, 0.2) is 16.7 Å². The average molecular weight is 291 g/mol. The Labute approximate surface area is 121 Å². The van der Waals surface area contributed by atoms with Crippen LogP contribution in [-0.2, 0) is 0 Å². The minimum Gasteiger partial charge on any atom is -0.504 e. The molecule has 0 spiro atoms. The highest BCUT2D eigenvalue weighted by Crippen LogP contribution is 2.33. The summed E-state index contributed by atoms with van der Waals surface area (Å²) in [5.74, 6) is 0.162. The third kappa shape index (κ3) is 2.54. The predicted octanol–water partition coefficient (Wildman–Crippen LogP) is 1.24. The molecule has 0 amide bonds. The minimum atomic E-state index is 0.0112. The van der Waals surface area contributed by atoms with Gasteiger partial charge < -0.3 is 20.6 Å². The number of nitrogens with zero attached hydrogens (tertiary/aromatic N) is 4. The van der Waals surface area contributed by atoms with Crippen LogP contribution >= 0.6 is 11.3 Å². The van der Waals surface area contributed by atoms with Crippen molar-refractivity contribution in [1.29, 1.82) is 0 Å². The molecule has 1 saturated heterocycles. The van der Waals surface area contributed by atoms with Gasteiger partial charge in [-0.1, -0.05) is 11.3 Å². The maximum Gasteiger partial charge on any atom is 0.185 e. The molecule has 3 rings (SSSR count). The molecular weight excluding hydrogens is 274 g/mol. The van der Waals surface area contributed by atoms with Gasteiger partial charge in [-0.15, -0.1) is 0 Å². The summed E-state index contributed by atoms with van der Waals surface area (Å²) in [6.45, 7) is 4.10. The maximum atomic E-state index is 9.63. The molecule has 20 heavy (non-hydrogen) atoms. The van der Waals surface area contributed by atoms with Crippen molar-refractivity contribution >= 4 is 22.3 Å². The number of thiazole rings is 1. The van der Waals surface area contributed by atoms with Crippen molar-refractivity contribution < 1.29 is 5.11 Å². The standard InChI is InChI=1S/C13H17N5OS/c1-17-2-4-18(5-3-17)13-16-8-11(20-13)9-6-10(19)12(14)15-7-9/h6-8,19H,2-5H2,1H3,(H2,14,15). The molecule has 2 aromatic heterocycles. The lowest BCUT2D eigenvalue weighted by Gasteiger charge is -2.32. The van der Waals surface area contributed by atoms with Gasteiger partial charge in [-0.05, 0) is 13.1 Å². The third-order valence-corrected chi connectivity index (χ3v) is 4.56. The molecule has 0 saturated carbocycles. The number of anilines is 2. The van der Waals surface area contributed by atoms with Crippen molar-refractivity contribution in [3.63, 3.8) is 0 Å². The van der Waals surface area contributed by atoms with Gasteiger partial charge in [-0.2, -0.15) is 0 Å². The zero-order valence-electron chi connectivity index (χ0n) is 11.3. The van der Waals surface area contributed by atoms with Crippen LogP contribution in [0, 0.1) is 0 Å². The molecule has 0 aromatic carbocycles. The van der Waals surface area contributed by atoms with Crippen LogP contribution in [0.1, 0.15) is 0 Å². The molecule has 6 nitrogen and oxygen atoms in total. The fourth-order valence-electron chi connectivity index (χ4n) is 2.14. The van der Waals surface area contributed by atoms with Gasteiger partial charge in [0.25, 0.3) is 0 Å². The lowest BCUT2D eigenvalue weighted by atomic mass is 10.2. The number of nitrogens with two attached hydrogens (primary N) is 1. The quantitative estimate of drug-likeness (QED) is 0.867. The maximum absolute atomic E-state index is 9.63. The molecule has 106 valence electrons. The molecule has 0 aliphatic carbocycles. The summed E-state index contributed by atoms with van der Waals surface area (Å²) in [5, 5.41) is 10.6. The molecule has 3 N–H and O–H groups in total. The van der Waals surface area contributed by atoms with Gasteiger partial charge in [-0.3, -0.25) is 0 Å². The Bertz CT molecular complexity index is 607. The van der Waals surface area contributed by atoms with E-state index in [9.17, 15) is 5.11 Å². The summed E-state index contributed by atoms with van der Waals surface area (Å²) < 4.78 is 0. The summed E-state index contributed by atoms with van der Waals surface area (Å²) in [6, 6.07) is 1.63. The van der Waals surface area contributed by atoms with Crippen molar-refractivity contribution in [2.75, 3.05) is 43.9 Å². The number of nitrogen functional groups attached to an aromatic ring is 1. The van der Waals surface area contributed by atoms with Crippen LogP contribution in [0.15, 0.2) is 18.5 Å². The van der Waals surface area contributed by atoms with Crippen molar-refractivity contribution in [2.24, 2.45) is 0 Å². The summed E-state index contributed by atoms with van der Waals surface area (Å²) >= 11 is 1.61. The van der Waals surface area contributed by atoms with Gasteiger partial charge in [0, 0.05) is 44.1 Å². The Morgan fingerprint density at radius 3 is 2.65 bits per heavy atom. The number of hydrogen-bond donors (Lipinski definition) is 2. The van der Waals surface area contributed by atoms with Gasteiger partial charge in [0.2, 0.25) is 0 Å². The molecule has 2 aromatic rings. The van der Waals surface area contributed by atoms with E-state index in [2.05, 4.69) is 26.8 Å². The molecule has 0 bridgehead atoms. The zero-order chi connectivity index (χ0) is 14.1. The highest BCUT2D eigenvalue weighted by Gasteiger charge is 2.17. The first-order valence-corrected chi connectivity index (χ1v) is 7.29. The number of pyridine rings is 1. The largest absolute Gasteiger partial charge is 0.504 e. The molecule has 1 aliphatic heterocycles. The van der Waals surface area contributed by atoms with Crippen molar-refractivity contribution in [3.8, 4) is 16.2 Å². The van der Waals surface area contributed by atoms with E-state index >= 15 is 0 Å². The smallest absolute Gasteiger partial charge is 0.185 e. The minimum absolute atomic E-state index is 0.0112. The normalized spacial score (nSPS) is 16.6. The fourth-order valence-corrected chi connectivity index (χ4v) is 3.09. The molecular formula is C13H17N5OS. The SMILES string of the molecule is CN1CCN(c2ncc(-c3cnc(N)c(O)c3)s2)CC1. The van der Waals surface area contributed by atoms with Gasteiger partial charge in [0.1, 0.15) is 0 Å². The molecule has 7 heteroatoms. The molecule has 1 fully saturated rings. The Morgan fingerprint density at radius 1 is 1.20 bits per heavy atom. The molecule has 0 unspecified atom stereocenters. The number of piperazine rings is 1. The van der Waals surface area contributed by atoms with E-state index in [1.165, 1.54) is 0 Å². The predicted molar refractivity (Wildman–Crippen MR) is 81.1 cm³/mol. The lowest BCUT2D eigenvalue weighted by Crippen LogP contribution is -2.44. The second-order valence-corrected chi connectivity index (χ2v) is 5.93. The topological polar surface area (TPSA) is 78.5 Å². The van der Waals surface area contributed by atoms with Gasteiger partial charge in [-0.25, -0.2) is 9.97 Å². The molecule has 0 atom stereocenters. The lowest BCUT2D eigenvalue weighted by molar-refractivity contribution is 0.313. The first-order valence-electron chi connectivity index (χ1n) is 6.47. The highest BCUT2D eigenvalue weighted by atomic mass is 32.1. The van der Waals surface area contributed by atoms with E-state index in [-0.39, 0.29) is 11.6 Å². The third-order valence-electron chi connectivity index (χ3n) is 3.45. The second kappa shape index (κ2) is 5.26. The zero-order valence-corrected chi connectivity index (χ0v) is 12.1. The Hall–Kier alpha value is -1.86. The highest BCUT2D eigenvalue weighted by molar-refractivity contribution is 7.18. The Balaban J connectivity index is 1.81. The van der Waals surface area contributed by atoms with E-state index in [0.29, 0.717) is 0 Å². The van der Waals surface area contributed by atoms with E-state index in [1.807, 2.05) is 6.20 Å². The molecule has 3 heterocycles. The molecule has 0 radical (unpaired) electrons. The Morgan fingerprint density at radius 2 is 1.95 bits per heavy atom. The summed E-state index contributed by atoms with van der Waals surface area (Å²) in [6.07, 6.45) is 3.49. The van der Waals surface area contributed by atoms with Crippen molar-refractivity contribution in [3.05, 3.63) is 18.5 Å². The van der Waals surface area contributed by atoms with Crippen LogP contribution in [0.5, 0.6) is 5.75 Å². The summed E-state index contributed by atoms with van der Waals surface area (Å²) in [7, 11) is 2.13. The first-order chi connectivity index (χ1) is 9.63. The van der Waals surface area contributed by atoms with Crippen LogP contribution in [0.3, 0.4) is 0 Å². The number of rotatable bonds is 2. The van der Waals surface area contributed by atoms with Crippen LogP contribution < -0.4 is 10.6 Å².